The minimum Gasteiger partial charge on any atom is -0.504 e. The van der Waals surface area contributed by atoms with E-state index < -0.39 is 17.2 Å². The van der Waals surface area contributed by atoms with Crippen LogP contribution in [-0.4, -0.2) is 44.2 Å². The number of rotatable bonds is 6. The van der Waals surface area contributed by atoms with E-state index in [9.17, 15) is 14.7 Å². The zero-order valence-corrected chi connectivity index (χ0v) is 18.3. The largest absolute Gasteiger partial charge is 0.504 e. The lowest BCUT2D eigenvalue weighted by Crippen LogP contribution is -2.54. The number of aromatic hydroxyl groups is 1. The van der Waals surface area contributed by atoms with Crippen LogP contribution in [0.3, 0.4) is 0 Å². The molecule has 2 rings (SSSR count). The number of aryl methyl sites for hydroxylation is 2. The van der Waals surface area contributed by atoms with Gasteiger partial charge in [0.2, 0.25) is 0 Å². The molecule has 0 aliphatic rings. The van der Waals surface area contributed by atoms with E-state index in [2.05, 4.69) is 15.6 Å². The number of ether oxygens (including phenoxy) is 1. The molecule has 8 heteroatoms. The van der Waals surface area contributed by atoms with Gasteiger partial charge in [0.15, 0.2) is 11.4 Å². The lowest BCUT2D eigenvalue weighted by Gasteiger charge is -2.32. The lowest BCUT2D eigenvalue weighted by atomic mass is 9.96. The second-order valence-electron chi connectivity index (χ2n) is 8.76. The van der Waals surface area contributed by atoms with Gasteiger partial charge in [0.1, 0.15) is 11.3 Å². The molecule has 8 nitrogen and oxygen atoms in total. The fourth-order valence-electron chi connectivity index (χ4n) is 3.30. The third-order valence-electron chi connectivity index (χ3n) is 4.47. The van der Waals surface area contributed by atoms with Gasteiger partial charge in [0.25, 0.3) is 5.91 Å². The van der Waals surface area contributed by atoms with Gasteiger partial charge in [-0.25, -0.2) is 9.78 Å². The number of fused-ring (bicyclic) bond motifs is 1. The average molecular weight is 405 g/mol. The first-order chi connectivity index (χ1) is 13.3. The number of carbonyl (C=O) groups excluding carboxylic acids is 2. The standard InChI is InChI=1S/C21H32N4O4/c1-8-9-21(7,24-19(28)29-20(4,5)6)12-22-18(27)16-14(3)23-17-15(26)10-13(2)11-25(16)17/h10-11,26H,8-9,12H2,1-7H3,(H,22,27)(H,24,28). The zero-order valence-electron chi connectivity index (χ0n) is 18.3. The van der Waals surface area contributed by atoms with Gasteiger partial charge >= 0.3 is 6.09 Å². The highest BCUT2D eigenvalue weighted by Crippen LogP contribution is 2.23. The van der Waals surface area contributed by atoms with E-state index in [1.807, 2.05) is 20.8 Å². The van der Waals surface area contributed by atoms with Crippen LogP contribution in [0.15, 0.2) is 12.3 Å². The number of pyridine rings is 1. The van der Waals surface area contributed by atoms with Gasteiger partial charge in [-0.1, -0.05) is 13.3 Å². The van der Waals surface area contributed by atoms with Crippen molar-refractivity contribution >= 4 is 17.6 Å². The number of aromatic nitrogens is 2. The van der Waals surface area contributed by atoms with Crippen molar-refractivity contribution in [1.29, 1.82) is 0 Å². The molecule has 0 saturated heterocycles. The van der Waals surface area contributed by atoms with Gasteiger partial charge in [0, 0.05) is 12.7 Å². The number of hydrogen-bond acceptors (Lipinski definition) is 5. The average Bonchev–Trinajstić information content (AvgIpc) is 2.87. The van der Waals surface area contributed by atoms with E-state index in [0.29, 0.717) is 23.5 Å². The molecule has 29 heavy (non-hydrogen) atoms. The number of hydrogen-bond donors (Lipinski definition) is 3. The summed E-state index contributed by atoms with van der Waals surface area (Å²) in [4.78, 5) is 29.5. The number of nitrogens with one attached hydrogen (secondary N) is 2. The van der Waals surface area contributed by atoms with Gasteiger partial charge in [-0.3, -0.25) is 9.20 Å². The molecule has 0 spiro atoms. The Balaban J connectivity index is 2.20. The van der Waals surface area contributed by atoms with E-state index >= 15 is 0 Å². The maximum absolute atomic E-state index is 12.9. The van der Waals surface area contributed by atoms with Gasteiger partial charge in [-0.05, 0) is 59.6 Å². The Bertz CT molecular complexity index is 914. The van der Waals surface area contributed by atoms with E-state index in [0.717, 1.165) is 12.0 Å². The SMILES string of the molecule is CCCC(C)(CNC(=O)c1c(C)nc2c(O)cc(C)cn12)NC(=O)OC(C)(C)C. The van der Waals surface area contributed by atoms with Crippen molar-refractivity contribution in [2.45, 2.75) is 72.4 Å². The van der Waals surface area contributed by atoms with Crippen LogP contribution < -0.4 is 10.6 Å². The summed E-state index contributed by atoms with van der Waals surface area (Å²) in [5, 5.41) is 15.9. The van der Waals surface area contributed by atoms with Crippen LogP contribution in [0.2, 0.25) is 0 Å². The van der Waals surface area contributed by atoms with Crippen molar-refractivity contribution in [3.05, 3.63) is 29.2 Å². The van der Waals surface area contributed by atoms with Crippen LogP contribution in [0.4, 0.5) is 4.79 Å². The van der Waals surface area contributed by atoms with Crippen molar-refractivity contribution in [3.63, 3.8) is 0 Å². The van der Waals surface area contributed by atoms with Crippen LogP contribution in [0.1, 0.15) is 69.2 Å². The summed E-state index contributed by atoms with van der Waals surface area (Å²) in [6.07, 6.45) is 2.73. The first-order valence-corrected chi connectivity index (χ1v) is 9.83. The summed E-state index contributed by atoms with van der Waals surface area (Å²) in [6.45, 7) is 13.1. The number of imidazole rings is 1. The lowest BCUT2D eigenvalue weighted by molar-refractivity contribution is 0.0453. The van der Waals surface area contributed by atoms with E-state index in [4.69, 9.17) is 4.74 Å². The van der Waals surface area contributed by atoms with E-state index in [1.54, 1.807) is 44.4 Å². The highest BCUT2D eigenvalue weighted by atomic mass is 16.6. The maximum Gasteiger partial charge on any atom is 0.408 e. The normalized spacial score (nSPS) is 13.8. The predicted octanol–water partition coefficient (Wildman–Crippen LogP) is 3.47. The quantitative estimate of drug-likeness (QED) is 0.684. The van der Waals surface area contributed by atoms with Crippen molar-refractivity contribution in [2.24, 2.45) is 0 Å². The topological polar surface area (TPSA) is 105 Å². The number of carbonyl (C=O) groups is 2. The fourth-order valence-corrected chi connectivity index (χ4v) is 3.30. The van der Waals surface area contributed by atoms with Gasteiger partial charge in [-0.15, -0.1) is 0 Å². The Morgan fingerprint density at radius 1 is 1.24 bits per heavy atom. The monoisotopic (exact) mass is 404 g/mol. The Kier molecular flexibility index (Phi) is 6.45. The highest BCUT2D eigenvalue weighted by Gasteiger charge is 2.30. The molecule has 1 unspecified atom stereocenters. The summed E-state index contributed by atoms with van der Waals surface area (Å²) in [5.41, 5.74) is 0.744. The number of amides is 2. The summed E-state index contributed by atoms with van der Waals surface area (Å²) in [7, 11) is 0. The molecule has 0 saturated carbocycles. The number of alkyl carbamates (subject to hydrolysis) is 1. The second kappa shape index (κ2) is 8.31. The Labute approximate surface area is 171 Å². The summed E-state index contributed by atoms with van der Waals surface area (Å²) < 4.78 is 6.95. The van der Waals surface area contributed by atoms with Crippen LogP contribution in [0.5, 0.6) is 5.75 Å². The molecule has 0 radical (unpaired) electrons. The van der Waals surface area contributed by atoms with Crippen molar-refractivity contribution < 1.29 is 19.4 Å². The molecule has 160 valence electrons. The summed E-state index contributed by atoms with van der Waals surface area (Å²) in [5.74, 6) is -0.303. The highest BCUT2D eigenvalue weighted by molar-refractivity contribution is 5.95. The van der Waals surface area contributed by atoms with Crippen LogP contribution in [0.25, 0.3) is 5.65 Å². The molecule has 0 bridgehead atoms. The van der Waals surface area contributed by atoms with Crippen LogP contribution in [0, 0.1) is 13.8 Å². The zero-order chi connectivity index (χ0) is 22.0. The van der Waals surface area contributed by atoms with Gasteiger partial charge in [0.05, 0.1) is 11.2 Å². The maximum atomic E-state index is 12.9. The third kappa shape index (κ3) is 5.62. The van der Waals surface area contributed by atoms with E-state index in [-0.39, 0.29) is 18.2 Å². The summed E-state index contributed by atoms with van der Waals surface area (Å²) in [6, 6.07) is 1.60. The molecule has 1 atom stereocenters. The van der Waals surface area contributed by atoms with E-state index in [1.165, 1.54) is 0 Å². The van der Waals surface area contributed by atoms with Crippen LogP contribution in [-0.2, 0) is 4.74 Å². The Morgan fingerprint density at radius 3 is 2.48 bits per heavy atom. The molecule has 2 aromatic rings. The minimum atomic E-state index is -0.667. The minimum absolute atomic E-state index is 0.0227. The number of nitrogens with zero attached hydrogens (tertiary/aromatic N) is 2. The second-order valence-corrected chi connectivity index (χ2v) is 8.76. The Hall–Kier alpha value is -2.77. The first kappa shape index (κ1) is 22.5. The molecule has 2 aromatic heterocycles. The molecule has 2 amide bonds. The van der Waals surface area contributed by atoms with Gasteiger partial charge < -0.3 is 20.5 Å². The molecule has 0 aromatic carbocycles. The van der Waals surface area contributed by atoms with Crippen molar-refractivity contribution in [1.82, 2.24) is 20.0 Å². The molecule has 0 fully saturated rings. The molecular formula is C21H32N4O4. The Morgan fingerprint density at radius 2 is 1.90 bits per heavy atom. The molecule has 0 aliphatic carbocycles. The molecular weight excluding hydrogens is 372 g/mol. The predicted molar refractivity (Wildman–Crippen MR) is 111 cm³/mol. The smallest absolute Gasteiger partial charge is 0.408 e. The molecule has 0 aliphatic heterocycles. The van der Waals surface area contributed by atoms with Gasteiger partial charge in [-0.2, -0.15) is 0 Å². The molecule has 3 N–H and O–H groups in total. The van der Waals surface area contributed by atoms with Crippen LogP contribution >= 0.6 is 0 Å². The first-order valence-electron chi connectivity index (χ1n) is 9.83. The third-order valence-corrected chi connectivity index (χ3v) is 4.47. The molecule has 2 heterocycles. The van der Waals surface area contributed by atoms with Crippen molar-refractivity contribution in [2.75, 3.05) is 6.54 Å². The fraction of sp³-hybridized carbons (Fsp3) is 0.571. The van der Waals surface area contributed by atoms with Crippen molar-refractivity contribution in [3.8, 4) is 5.75 Å². The summed E-state index contributed by atoms with van der Waals surface area (Å²) >= 11 is 0.